The van der Waals surface area contributed by atoms with Crippen LogP contribution >= 0.6 is 0 Å². The molecular formula is C25H42N4O5S. The van der Waals surface area contributed by atoms with Crippen LogP contribution in [0.1, 0.15) is 30.4 Å². The third-order valence-electron chi connectivity index (χ3n) is 7.49. The third-order valence-corrected chi connectivity index (χ3v) is 9.65. The third kappa shape index (κ3) is 6.74. The molecule has 3 rings (SSSR count). The fourth-order valence-electron chi connectivity index (χ4n) is 5.17. The van der Waals surface area contributed by atoms with Gasteiger partial charge in [-0.05, 0) is 63.4 Å². The number of carbonyl (C=O) groups excluding carboxylic acids is 1. The average molecular weight is 511 g/mol. The Labute approximate surface area is 211 Å². The molecule has 1 aliphatic carbocycles. The molecule has 198 valence electrons. The number of carbonyl (C=O) groups is 1. The van der Waals surface area contributed by atoms with Crippen molar-refractivity contribution < 1.29 is 22.7 Å². The van der Waals surface area contributed by atoms with Gasteiger partial charge in [0.05, 0.1) is 18.6 Å². The maximum absolute atomic E-state index is 13.1. The number of hydrogen-bond donors (Lipinski definition) is 0. The lowest BCUT2D eigenvalue weighted by Gasteiger charge is -2.36. The monoisotopic (exact) mass is 510 g/mol. The second kappa shape index (κ2) is 12.0. The maximum Gasteiger partial charge on any atom is 0.248 e. The molecule has 2 fully saturated rings. The van der Waals surface area contributed by atoms with Gasteiger partial charge in [-0.1, -0.05) is 0 Å². The number of methoxy groups -OCH3 is 1. The summed E-state index contributed by atoms with van der Waals surface area (Å²) in [6.45, 7) is 8.20. The van der Waals surface area contributed by atoms with Gasteiger partial charge < -0.3 is 19.3 Å². The maximum atomic E-state index is 13.1. The van der Waals surface area contributed by atoms with Crippen molar-refractivity contribution in [2.45, 2.75) is 50.1 Å². The summed E-state index contributed by atoms with van der Waals surface area (Å²) in [6.07, 6.45) is 3.15. The number of hydrogen-bond acceptors (Lipinski definition) is 7. The van der Waals surface area contributed by atoms with Crippen molar-refractivity contribution in [1.29, 1.82) is 0 Å². The molecule has 1 saturated heterocycles. The van der Waals surface area contributed by atoms with Crippen LogP contribution in [0.2, 0.25) is 0 Å². The highest BCUT2D eigenvalue weighted by Gasteiger charge is 2.34. The zero-order valence-corrected chi connectivity index (χ0v) is 22.9. The van der Waals surface area contributed by atoms with Gasteiger partial charge in [-0.2, -0.15) is 4.31 Å². The largest absolute Gasteiger partial charge is 0.497 e. The standard InChI is InChI=1S/C25H42N4O5S/c1-19-15-23(33-6)16-20(2)25(19)35(31,32)27(4)13-14-34-18-24(30)28(5)21-7-8-22(17-21)29-11-9-26(3)10-12-29/h15-16,21-22H,7-14,17-18H2,1-6H3/t21-,22+/m1/s1. The molecule has 0 radical (unpaired) electrons. The molecule has 10 heteroatoms. The van der Waals surface area contributed by atoms with E-state index < -0.39 is 10.0 Å². The Hall–Kier alpha value is -1.72. The Morgan fingerprint density at radius 3 is 2.31 bits per heavy atom. The summed E-state index contributed by atoms with van der Waals surface area (Å²) < 4.78 is 38.3. The van der Waals surface area contributed by atoms with E-state index in [2.05, 4.69) is 16.8 Å². The minimum atomic E-state index is -3.68. The van der Waals surface area contributed by atoms with Crippen molar-refractivity contribution >= 4 is 15.9 Å². The van der Waals surface area contributed by atoms with Crippen LogP contribution in [0.15, 0.2) is 17.0 Å². The van der Waals surface area contributed by atoms with Gasteiger partial charge >= 0.3 is 0 Å². The lowest BCUT2D eigenvalue weighted by molar-refractivity contribution is -0.136. The first kappa shape index (κ1) is 27.9. The Balaban J connectivity index is 1.44. The second-order valence-corrected chi connectivity index (χ2v) is 11.9. The van der Waals surface area contributed by atoms with E-state index in [1.54, 1.807) is 33.1 Å². The number of piperazine rings is 1. The van der Waals surface area contributed by atoms with E-state index in [4.69, 9.17) is 9.47 Å². The van der Waals surface area contributed by atoms with E-state index in [9.17, 15) is 13.2 Å². The van der Waals surface area contributed by atoms with Crippen LogP contribution in [0.3, 0.4) is 0 Å². The summed E-state index contributed by atoms with van der Waals surface area (Å²) in [5.74, 6) is 0.575. The molecule has 1 amide bonds. The molecule has 35 heavy (non-hydrogen) atoms. The number of sulfonamides is 1. The summed E-state index contributed by atoms with van der Waals surface area (Å²) in [5, 5.41) is 0. The van der Waals surface area contributed by atoms with Crippen LogP contribution in [0.5, 0.6) is 5.75 Å². The van der Waals surface area contributed by atoms with Crippen molar-refractivity contribution in [3.8, 4) is 5.75 Å². The number of ether oxygens (including phenoxy) is 2. The van der Waals surface area contributed by atoms with Crippen molar-refractivity contribution in [3.05, 3.63) is 23.3 Å². The molecule has 1 aromatic rings. The lowest BCUT2D eigenvalue weighted by Crippen LogP contribution is -2.48. The first-order chi connectivity index (χ1) is 16.5. The van der Waals surface area contributed by atoms with Crippen molar-refractivity contribution in [2.24, 2.45) is 0 Å². The van der Waals surface area contributed by atoms with Gasteiger partial charge in [-0.15, -0.1) is 0 Å². The molecule has 0 unspecified atom stereocenters. The quantitative estimate of drug-likeness (QED) is 0.442. The smallest absolute Gasteiger partial charge is 0.248 e. The van der Waals surface area contributed by atoms with E-state index in [-0.39, 0.29) is 36.6 Å². The van der Waals surface area contributed by atoms with Gasteiger partial charge in [0.25, 0.3) is 0 Å². The van der Waals surface area contributed by atoms with Crippen LogP contribution in [0.4, 0.5) is 0 Å². The normalized spacial score (nSPS) is 22.0. The molecule has 1 heterocycles. The summed E-state index contributed by atoms with van der Waals surface area (Å²) in [5.41, 5.74) is 1.27. The SMILES string of the molecule is COc1cc(C)c(S(=O)(=O)N(C)CCOCC(=O)N(C)[C@@H]2CC[C@H](N3CCN(C)CC3)C2)c(C)c1. The van der Waals surface area contributed by atoms with Crippen molar-refractivity contribution in [3.63, 3.8) is 0 Å². The first-order valence-corrected chi connectivity index (χ1v) is 13.9. The number of rotatable bonds is 10. The van der Waals surface area contributed by atoms with E-state index in [0.29, 0.717) is 22.9 Å². The molecule has 1 aliphatic heterocycles. The number of likely N-dealkylation sites (N-methyl/N-ethyl adjacent to an activating group) is 3. The van der Waals surface area contributed by atoms with Crippen LogP contribution in [-0.4, -0.2) is 120 Å². The second-order valence-electron chi connectivity index (χ2n) is 9.93. The molecule has 1 saturated carbocycles. The predicted molar refractivity (Wildman–Crippen MR) is 136 cm³/mol. The summed E-state index contributed by atoms with van der Waals surface area (Å²) in [7, 11) is 3.43. The molecule has 0 spiro atoms. The van der Waals surface area contributed by atoms with Gasteiger partial charge in [-0.25, -0.2) is 8.42 Å². The molecule has 0 bridgehead atoms. The minimum Gasteiger partial charge on any atom is -0.497 e. The summed E-state index contributed by atoms with van der Waals surface area (Å²) in [4.78, 5) is 19.7. The fraction of sp³-hybridized carbons (Fsp3) is 0.720. The van der Waals surface area contributed by atoms with Gasteiger partial charge in [0.2, 0.25) is 15.9 Å². The van der Waals surface area contributed by atoms with E-state index in [1.165, 1.54) is 11.4 Å². The summed E-state index contributed by atoms with van der Waals surface area (Å²) >= 11 is 0. The Morgan fingerprint density at radius 1 is 1.09 bits per heavy atom. The van der Waals surface area contributed by atoms with Crippen LogP contribution in [0, 0.1) is 13.8 Å². The van der Waals surface area contributed by atoms with E-state index in [1.807, 2.05) is 11.9 Å². The van der Waals surface area contributed by atoms with Crippen molar-refractivity contribution in [1.82, 2.24) is 19.0 Å². The Kier molecular flexibility index (Phi) is 9.56. The van der Waals surface area contributed by atoms with Gasteiger partial charge in [-0.3, -0.25) is 9.69 Å². The van der Waals surface area contributed by atoms with Gasteiger partial charge in [0.1, 0.15) is 12.4 Å². The van der Waals surface area contributed by atoms with Gasteiger partial charge in [0, 0.05) is 58.9 Å². The Morgan fingerprint density at radius 2 is 1.71 bits per heavy atom. The highest BCUT2D eigenvalue weighted by Crippen LogP contribution is 2.29. The number of benzene rings is 1. The molecule has 0 N–H and O–H groups in total. The highest BCUT2D eigenvalue weighted by molar-refractivity contribution is 7.89. The Bertz CT molecular complexity index is 955. The molecule has 0 aromatic heterocycles. The highest BCUT2D eigenvalue weighted by atomic mass is 32.2. The first-order valence-electron chi connectivity index (χ1n) is 12.4. The zero-order valence-electron chi connectivity index (χ0n) is 22.1. The lowest BCUT2D eigenvalue weighted by atomic mass is 10.1. The molecule has 2 aliphatic rings. The van der Waals surface area contributed by atoms with Crippen LogP contribution in [0.25, 0.3) is 0 Å². The molecular weight excluding hydrogens is 468 g/mol. The average Bonchev–Trinajstić information content (AvgIpc) is 3.31. The predicted octanol–water partition coefficient (Wildman–Crippen LogP) is 1.58. The number of amides is 1. The number of nitrogens with zero attached hydrogens (tertiary/aromatic N) is 4. The topological polar surface area (TPSA) is 82.6 Å². The molecule has 9 nitrogen and oxygen atoms in total. The fourth-order valence-corrected chi connectivity index (χ4v) is 6.73. The minimum absolute atomic E-state index is 0.0410. The molecule has 2 atom stereocenters. The van der Waals surface area contributed by atoms with Crippen LogP contribution < -0.4 is 4.74 Å². The van der Waals surface area contributed by atoms with Crippen LogP contribution in [-0.2, 0) is 19.6 Å². The van der Waals surface area contributed by atoms with Crippen molar-refractivity contribution in [2.75, 3.05) is 74.2 Å². The molecule has 1 aromatic carbocycles. The zero-order chi connectivity index (χ0) is 25.8. The number of aryl methyl sites for hydroxylation is 2. The van der Waals surface area contributed by atoms with E-state index in [0.717, 1.165) is 45.4 Å². The van der Waals surface area contributed by atoms with E-state index >= 15 is 0 Å². The van der Waals surface area contributed by atoms with Gasteiger partial charge in [0.15, 0.2) is 0 Å². The summed E-state index contributed by atoms with van der Waals surface area (Å²) in [6, 6.07) is 4.22.